The zero-order chi connectivity index (χ0) is 18.7. The van der Waals surface area contributed by atoms with E-state index in [1.165, 1.54) is 17.0 Å². The zero-order valence-electron chi connectivity index (χ0n) is 14.1. The van der Waals surface area contributed by atoms with Crippen molar-refractivity contribution >= 4 is 11.8 Å². The first-order chi connectivity index (χ1) is 12.5. The Morgan fingerprint density at radius 2 is 1.81 bits per heavy atom. The van der Waals surface area contributed by atoms with Crippen LogP contribution in [0.2, 0.25) is 0 Å². The number of carboxylic acid groups (broad SMARTS) is 1. The van der Waals surface area contributed by atoms with Crippen molar-refractivity contribution in [3.8, 4) is 0 Å². The van der Waals surface area contributed by atoms with Crippen LogP contribution in [0.4, 0.5) is 10.5 Å². The van der Waals surface area contributed by atoms with Gasteiger partial charge in [0.1, 0.15) is 0 Å². The lowest BCUT2D eigenvalue weighted by atomic mass is 10.0. The molecule has 2 N–H and O–H groups in total. The van der Waals surface area contributed by atoms with Gasteiger partial charge in [-0.1, -0.05) is 42.5 Å². The number of aliphatic hydroxyl groups excluding tert-OH is 1. The molecule has 1 heterocycles. The average molecular weight is 356 g/mol. The number of benzene rings is 2. The summed E-state index contributed by atoms with van der Waals surface area (Å²) in [4.78, 5) is 23.4. The van der Waals surface area contributed by atoms with Gasteiger partial charge in [-0.05, 0) is 30.4 Å². The van der Waals surface area contributed by atoms with E-state index in [1.807, 2.05) is 18.2 Å². The fourth-order valence-electron chi connectivity index (χ4n) is 3.62. The van der Waals surface area contributed by atoms with Gasteiger partial charge < -0.3 is 10.2 Å². The maximum absolute atomic E-state index is 11.8. The molecule has 1 fully saturated rings. The normalized spacial score (nSPS) is 20.7. The number of nitro benzene ring substituents is 1. The van der Waals surface area contributed by atoms with Gasteiger partial charge in [0.2, 0.25) is 0 Å². The molecule has 1 aliphatic rings. The van der Waals surface area contributed by atoms with Crippen LogP contribution in [-0.2, 0) is 6.42 Å². The first kappa shape index (κ1) is 17.9. The molecule has 0 unspecified atom stereocenters. The molecular formula is C19H20N2O5. The van der Waals surface area contributed by atoms with Gasteiger partial charge in [-0.25, -0.2) is 4.79 Å². The number of nitro groups is 1. The van der Waals surface area contributed by atoms with Gasteiger partial charge in [0, 0.05) is 18.2 Å². The standard InChI is InChI=1S/C19H20N2O5/c22-18(14-4-2-1-3-5-14)17-11-10-16(20(17)19(23)24)12-13-6-8-15(9-7-13)21(25)26/h1-9,16-18,22H,10-12H2,(H,23,24)/t16-,17+,18+/m0/s1. The molecule has 1 aliphatic heterocycles. The molecule has 0 bridgehead atoms. The SMILES string of the molecule is O=C(O)N1[C@H](Cc2ccc([N+](=O)[O-])cc2)CC[C@@H]1[C@H](O)c1ccccc1. The van der Waals surface area contributed by atoms with E-state index in [4.69, 9.17) is 0 Å². The lowest BCUT2D eigenvalue weighted by Crippen LogP contribution is -2.44. The van der Waals surface area contributed by atoms with Crippen molar-refractivity contribution in [1.29, 1.82) is 0 Å². The number of nitrogens with zero attached hydrogens (tertiary/aromatic N) is 2. The summed E-state index contributed by atoms with van der Waals surface area (Å²) in [5, 5.41) is 31.1. The Kier molecular flexibility index (Phi) is 5.18. The highest BCUT2D eigenvalue weighted by atomic mass is 16.6. The maximum atomic E-state index is 11.8. The Labute approximate surface area is 150 Å². The molecule has 3 atom stereocenters. The minimum atomic E-state index is -1.06. The minimum absolute atomic E-state index is 0.00707. The van der Waals surface area contributed by atoms with E-state index >= 15 is 0 Å². The van der Waals surface area contributed by atoms with Crippen LogP contribution in [0.15, 0.2) is 54.6 Å². The van der Waals surface area contributed by atoms with Gasteiger partial charge in [0.05, 0.1) is 17.1 Å². The highest BCUT2D eigenvalue weighted by molar-refractivity contribution is 5.66. The second-order valence-corrected chi connectivity index (χ2v) is 6.47. The van der Waals surface area contributed by atoms with Gasteiger partial charge >= 0.3 is 6.09 Å². The monoisotopic (exact) mass is 356 g/mol. The van der Waals surface area contributed by atoms with E-state index in [9.17, 15) is 25.1 Å². The summed E-state index contributed by atoms with van der Waals surface area (Å²) in [6, 6.07) is 14.4. The molecule has 7 heteroatoms. The van der Waals surface area contributed by atoms with Crippen LogP contribution in [-0.4, -0.2) is 38.2 Å². The van der Waals surface area contributed by atoms with Crippen LogP contribution in [0, 0.1) is 10.1 Å². The summed E-state index contributed by atoms with van der Waals surface area (Å²) in [5.74, 6) is 0. The van der Waals surface area contributed by atoms with Crippen LogP contribution in [0.5, 0.6) is 0 Å². The summed E-state index contributed by atoms with van der Waals surface area (Å²) in [5.41, 5.74) is 1.54. The predicted octanol–water partition coefficient (Wildman–Crippen LogP) is 3.38. The highest BCUT2D eigenvalue weighted by Gasteiger charge is 2.41. The largest absolute Gasteiger partial charge is 0.465 e. The van der Waals surface area contributed by atoms with E-state index in [0.29, 0.717) is 24.8 Å². The topological polar surface area (TPSA) is 104 Å². The fraction of sp³-hybridized carbons (Fsp3) is 0.316. The predicted molar refractivity (Wildman–Crippen MR) is 94.9 cm³/mol. The summed E-state index contributed by atoms with van der Waals surface area (Å²) < 4.78 is 0. The van der Waals surface area contributed by atoms with Crippen molar-refractivity contribution < 1.29 is 19.9 Å². The van der Waals surface area contributed by atoms with Crippen molar-refractivity contribution in [3.05, 3.63) is 75.8 Å². The number of hydrogen-bond donors (Lipinski definition) is 2. The molecule has 0 aliphatic carbocycles. The first-order valence-corrected chi connectivity index (χ1v) is 8.45. The zero-order valence-corrected chi connectivity index (χ0v) is 14.1. The molecule has 0 radical (unpaired) electrons. The van der Waals surface area contributed by atoms with Crippen molar-refractivity contribution in [2.45, 2.75) is 37.5 Å². The van der Waals surface area contributed by atoms with Gasteiger partial charge in [-0.15, -0.1) is 0 Å². The highest BCUT2D eigenvalue weighted by Crippen LogP contribution is 2.34. The van der Waals surface area contributed by atoms with E-state index in [0.717, 1.165) is 5.56 Å². The van der Waals surface area contributed by atoms with Crippen molar-refractivity contribution in [2.24, 2.45) is 0 Å². The summed E-state index contributed by atoms with van der Waals surface area (Å²) in [6.45, 7) is 0. The molecular weight excluding hydrogens is 336 g/mol. The molecule has 1 amide bonds. The molecule has 0 spiro atoms. The molecule has 26 heavy (non-hydrogen) atoms. The van der Waals surface area contributed by atoms with Gasteiger partial charge in [0.15, 0.2) is 0 Å². The lowest BCUT2D eigenvalue weighted by molar-refractivity contribution is -0.384. The summed E-state index contributed by atoms with van der Waals surface area (Å²) >= 11 is 0. The van der Waals surface area contributed by atoms with Crippen molar-refractivity contribution in [3.63, 3.8) is 0 Å². The number of likely N-dealkylation sites (tertiary alicyclic amines) is 1. The van der Waals surface area contributed by atoms with Gasteiger partial charge in [-0.3, -0.25) is 15.0 Å². The molecule has 3 rings (SSSR count). The molecule has 0 saturated carbocycles. The second-order valence-electron chi connectivity index (χ2n) is 6.47. The smallest absolute Gasteiger partial charge is 0.407 e. The number of aliphatic hydroxyl groups is 1. The summed E-state index contributed by atoms with van der Waals surface area (Å²) in [7, 11) is 0. The van der Waals surface area contributed by atoms with Crippen molar-refractivity contribution in [2.75, 3.05) is 0 Å². The number of hydrogen-bond acceptors (Lipinski definition) is 4. The third-order valence-corrected chi connectivity index (χ3v) is 4.89. The van der Waals surface area contributed by atoms with E-state index in [2.05, 4.69) is 0 Å². The third-order valence-electron chi connectivity index (χ3n) is 4.89. The molecule has 2 aromatic carbocycles. The average Bonchev–Trinajstić information content (AvgIpc) is 3.06. The van der Waals surface area contributed by atoms with Crippen LogP contribution in [0.1, 0.15) is 30.1 Å². The van der Waals surface area contributed by atoms with Crippen LogP contribution >= 0.6 is 0 Å². The summed E-state index contributed by atoms with van der Waals surface area (Å²) in [6.07, 6.45) is -0.274. The minimum Gasteiger partial charge on any atom is -0.465 e. The number of rotatable bonds is 5. The molecule has 0 aromatic heterocycles. The maximum Gasteiger partial charge on any atom is 0.407 e. The van der Waals surface area contributed by atoms with Gasteiger partial charge in [-0.2, -0.15) is 0 Å². The molecule has 7 nitrogen and oxygen atoms in total. The Hall–Kier alpha value is -2.93. The number of carbonyl (C=O) groups is 1. The second kappa shape index (κ2) is 7.53. The quantitative estimate of drug-likeness (QED) is 0.631. The van der Waals surface area contributed by atoms with E-state index < -0.39 is 23.2 Å². The van der Waals surface area contributed by atoms with E-state index in [-0.39, 0.29) is 11.7 Å². The molecule has 136 valence electrons. The molecule has 1 saturated heterocycles. The van der Waals surface area contributed by atoms with Crippen LogP contribution in [0.25, 0.3) is 0 Å². The van der Waals surface area contributed by atoms with E-state index in [1.54, 1.807) is 24.3 Å². The van der Waals surface area contributed by atoms with Crippen LogP contribution in [0.3, 0.4) is 0 Å². The molecule has 2 aromatic rings. The fourth-order valence-corrected chi connectivity index (χ4v) is 3.62. The first-order valence-electron chi connectivity index (χ1n) is 8.45. The Morgan fingerprint density at radius 3 is 2.38 bits per heavy atom. The Morgan fingerprint density at radius 1 is 1.15 bits per heavy atom. The van der Waals surface area contributed by atoms with Crippen molar-refractivity contribution in [1.82, 2.24) is 4.90 Å². The third kappa shape index (κ3) is 3.67. The number of amides is 1. The lowest BCUT2D eigenvalue weighted by Gasteiger charge is -2.31. The van der Waals surface area contributed by atoms with Gasteiger partial charge in [0.25, 0.3) is 5.69 Å². The van der Waals surface area contributed by atoms with Crippen LogP contribution < -0.4 is 0 Å². The Balaban J connectivity index is 1.76. The Bertz CT molecular complexity index is 778. The number of non-ortho nitro benzene ring substituents is 1.